The number of aliphatic hydroxyl groups excluding tert-OH is 1. The summed E-state index contributed by atoms with van der Waals surface area (Å²) < 4.78 is 0. The fraction of sp³-hybridized carbons (Fsp3) is 0.667. The van der Waals surface area contributed by atoms with E-state index in [9.17, 15) is 4.79 Å². The van der Waals surface area contributed by atoms with Crippen molar-refractivity contribution in [2.24, 2.45) is 0 Å². The summed E-state index contributed by atoms with van der Waals surface area (Å²) in [5, 5.41) is 11.6. The van der Waals surface area contributed by atoms with Crippen molar-refractivity contribution in [1.29, 1.82) is 0 Å². The zero-order chi connectivity index (χ0) is 9.61. The number of carbonyl (C=O) groups is 1. The minimum absolute atomic E-state index is 0.0651. The number of terminal acetylenes is 1. The minimum Gasteiger partial charge on any atom is -0.394 e. The van der Waals surface area contributed by atoms with Crippen LogP contribution < -0.4 is 5.32 Å². The van der Waals surface area contributed by atoms with E-state index in [-0.39, 0.29) is 18.9 Å². The summed E-state index contributed by atoms with van der Waals surface area (Å²) in [5.74, 6) is 2.03. The Balaban J connectivity index is 4.04. The van der Waals surface area contributed by atoms with E-state index < -0.39 is 5.54 Å². The van der Waals surface area contributed by atoms with E-state index in [0.717, 1.165) is 0 Å². The number of rotatable bonds is 4. The molecule has 1 unspecified atom stereocenters. The van der Waals surface area contributed by atoms with Crippen LogP contribution in [-0.2, 0) is 4.79 Å². The summed E-state index contributed by atoms with van der Waals surface area (Å²) in [6, 6.07) is 0. The van der Waals surface area contributed by atoms with Crippen LogP contribution in [0, 0.1) is 12.3 Å². The smallest absolute Gasteiger partial charge is 0.232 e. The highest BCUT2D eigenvalue weighted by Crippen LogP contribution is 2.07. The molecule has 0 bridgehead atoms. The van der Waals surface area contributed by atoms with Gasteiger partial charge in [-0.2, -0.15) is 0 Å². The summed E-state index contributed by atoms with van der Waals surface area (Å²) in [6.07, 6.45) is 5.70. The Labute approximate surface area is 73.2 Å². The molecule has 0 saturated heterocycles. The first-order valence-electron chi connectivity index (χ1n) is 3.93. The zero-order valence-corrected chi connectivity index (χ0v) is 7.55. The van der Waals surface area contributed by atoms with Gasteiger partial charge in [-0.05, 0) is 13.3 Å². The van der Waals surface area contributed by atoms with Crippen LogP contribution in [0.2, 0.25) is 0 Å². The zero-order valence-electron chi connectivity index (χ0n) is 7.55. The Hall–Kier alpha value is -1.01. The van der Waals surface area contributed by atoms with Gasteiger partial charge >= 0.3 is 0 Å². The van der Waals surface area contributed by atoms with E-state index in [1.165, 1.54) is 0 Å². The van der Waals surface area contributed by atoms with Gasteiger partial charge in [-0.3, -0.25) is 4.79 Å². The van der Waals surface area contributed by atoms with Gasteiger partial charge in [0.25, 0.3) is 0 Å². The Kier molecular flexibility index (Phi) is 4.38. The van der Waals surface area contributed by atoms with E-state index in [4.69, 9.17) is 11.5 Å². The van der Waals surface area contributed by atoms with Crippen molar-refractivity contribution in [3.05, 3.63) is 0 Å². The lowest BCUT2D eigenvalue weighted by Gasteiger charge is -2.26. The first-order valence-corrected chi connectivity index (χ1v) is 3.93. The normalized spacial score (nSPS) is 14.5. The highest BCUT2D eigenvalue weighted by molar-refractivity contribution is 5.79. The molecule has 0 aromatic rings. The first kappa shape index (κ1) is 11.0. The lowest BCUT2D eigenvalue weighted by Crippen LogP contribution is -2.48. The van der Waals surface area contributed by atoms with Crippen molar-refractivity contribution in [1.82, 2.24) is 5.32 Å². The summed E-state index contributed by atoms with van der Waals surface area (Å²) in [5.41, 5.74) is -0.534. The van der Waals surface area contributed by atoms with Crippen molar-refractivity contribution in [2.45, 2.75) is 32.2 Å². The molecule has 3 nitrogen and oxygen atoms in total. The van der Waals surface area contributed by atoms with E-state index in [2.05, 4.69) is 11.2 Å². The number of carbonyl (C=O) groups excluding carboxylic acids is 1. The van der Waals surface area contributed by atoms with Gasteiger partial charge < -0.3 is 10.4 Å². The van der Waals surface area contributed by atoms with Crippen LogP contribution in [0.5, 0.6) is 0 Å². The van der Waals surface area contributed by atoms with Gasteiger partial charge in [-0.25, -0.2) is 0 Å². The summed E-state index contributed by atoms with van der Waals surface area (Å²) in [7, 11) is 0. The third-order valence-electron chi connectivity index (χ3n) is 1.83. The van der Waals surface area contributed by atoms with Crippen LogP contribution >= 0.6 is 0 Å². The van der Waals surface area contributed by atoms with E-state index in [0.29, 0.717) is 6.42 Å². The maximum Gasteiger partial charge on any atom is 0.232 e. The molecule has 0 aromatic carbocycles. The first-order chi connectivity index (χ1) is 5.58. The molecule has 3 heteroatoms. The van der Waals surface area contributed by atoms with E-state index in [1.54, 1.807) is 6.92 Å². The van der Waals surface area contributed by atoms with Gasteiger partial charge in [0.05, 0.1) is 18.6 Å². The highest BCUT2D eigenvalue weighted by atomic mass is 16.3. The third-order valence-corrected chi connectivity index (χ3v) is 1.83. The van der Waals surface area contributed by atoms with Gasteiger partial charge in [0.2, 0.25) is 5.91 Å². The Morgan fingerprint density at radius 3 is 2.67 bits per heavy atom. The molecule has 1 amide bonds. The van der Waals surface area contributed by atoms with E-state index in [1.807, 2.05) is 6.92 Å². The number of hydrogen-bond acceptors (Lipinski definition) is 2. The quantitative estimate of drug-likeness (QED) is 0.594. The fourth-order valence-corrected chi connectivity index (χ4v) is 0.713. The van der Waals surface area contributed by atoms with Gasteiger partial charge in [-0.15, -0.1) is 6.42 Å². The predicted molar refractivity (Wildman–Crippen MR) is 47.4 cm³/mol. The molecule has 0 heterocycles. The summed E-state index contributed by atoms with van der Waals surface area (Å²) in [4.78, 5) is 11.0. The van der Waals surface area contributed by atoms with Crippen LogP contribution in [0.1, 0.15) is 26.7 Å². The van der Waals surface area contributed by atoms with Gasteiger partial charge in [0.1, 0.15) is 0 Å². The molecule has 12 heavy (non-hydrogen) atoms. The molecule has 0 aliphatic heterocycles. The maximum atomic E-state index is 11.0. The van der Waals surface area contributed by atoms with Gasteiger partial charge in [0.15, 0.2) is 0 Å². The monoisotopic (exact) mass is 169 g/mol. The van der Waals surface area contributed by atoms with Crippen molar-refractivity contribution < 1.29 is 9.90 Å². The number of hydrogen-bond donors (Lipinski definition) is 2. The molecule has 0 saturated carbocycles. The molecule has 0 radical (unpaired) electrons. The van der Waals surface area contributed by atoms with Crippen LogP contribution in [0.15, 0.2) is 0 Å². The van der Waals surface area contributed by atoms with Crippen molar-refractivity contribution in [3.63, 3.8) is 0 Å². The highest BCUT2D eigenvalue weighted by Gasteiger charge is 2.22. The van der Waals surface area contributed by atoms with Crippen molar-refractivity contribution >= 4 is 5.91 Å². The molecule has 0 aromatic heterocycles. The number of nitrogens with one attached hydrogen (secondary N) is 1. The molecule has 0 spiro atoms. The molecule has 1 atom stereocenters. The molecular weight excluding hydrogens is 154 g/mol. The molecule has 0 aliphatic carbocycles. The SMILES string of the molecule is C#CCC(=O)NC(C)(CC)CO. The maximum absolute atomic E-state index is 11.0. The largest absolute Gasteiger partial charge is 0.394 e. The molecule has 68 valence electrons. The average Bonchev–Trinajstić information content (AvgIpc) is 2.05. The second kappa shape index (κ2) is 4.78. The summed E-state index contributed by atoms with van der Waals surface area (Å²) >= 11 is 0. The summed E-state index contributed by atoms with van der Waals surface area (Å²) in [6.45, 7) is 3.60. The van der Waals surface area contributed by atoms with Crippen molar-refractivity contribution in [2.75, 3.05) is 6.61 Å². The van der Waals surface area contributed by atoms with Crippen molar-refractivity contribution in [3.8, 4) is 12.3 Å². The second-order valence-corrected chi connectivity index (χ2v) is 3.00. The fourth-order valence-electron chi connectivity index (χ4n) is 0.713. The Morgan fingerprint density at radius 1 is 1.75 bits per heavy atom. The van der Waals surface area contributed by atoms with Gasteiger partial charge in [-0.1, -0.05) is 12.8 Å². The molecule has 0 rings (SSSR count). The molecule has 0 aliphatic rings. The van der Waals surface area contributed by atoms with Crippen LogP contribution in [0.25, 0.3) is 0 Å². The van der Waals surface area contributed by atoms with Gasteiger partial charge in [0, 0.05) is 0 Å². The molecule has 0 fully saturated rings. The Morgan fingerprint density at radius 2 is 2.33 bits per heavy atom. The lowest BCUT2D eigenvalue weighted by atomic mass is 10.0. The third kappa shape index (κ3) is 3.40. The topological polar surface area (TPSA) is 49.3 Å². The second-order valence-electron chi connectivity index (χ2n) is 3.00. The van der Waals surface area contributed by atoms with Crippen LogP contribution in [0.4, 0.5) is 0 Å². The van der Waals surface area contributed by atoms with Crippen LogP contribution in [0.3, 0.4) is 0 Å². The molecular formula is C9H15NO2. The lowest BCUT2D eigenvalue weighted by molar-refractivity contribution is -0.122. The van der Waals surface area contributed by atoms with E-state index >= 15 is 0 Å². The standard InChI is InChI=1S/C9H15NO2/c1-4-6-8(12)10-9(3,5-2)7-11/h1,11H,5-7H2,2-3H3,(H,10,12). The number of amides is 1. The Bertz CT molecular complexity index is 189. The number of aliphatic hydroxyl groups is 1. The minimum atomic E-state index is -0.534. The average molecular weight is 169 g/mol. The van der Waals surface area contributed by atoms with Crippen LogP contribution in [-0.4, -0.2) is 23.2 Å². The predicted octanol–water partition coefficient (Wildman–Crippen LogP) is 0.287. The molecule has 2 N–H and O–H groups in total.